The number of benzene rings is 2. The quantitative estimate of drug-likeness (QED) is 0.411. The summed E-state index contributed by atoms with van der Waals surface area (Å²) in [6.45, 7) is 0.838. The molecule has 1 fully saturated rings. The lowest BCUT2D eigenvalue weighted by molar-refractivity contribution is -0.384. The zero-order valence-electron chi connectivity index (χ0n) is 14.5. The van der Waals surface area contributed by atoms with Gasteiger partial charge in [0, 0.05) is 29.7 Å². The molecule has 0 radical (unpaired) electrons. The van der Waals surface area contributed by atoms with Gasteiger partial charge in [-0.2, -0.15) is 9.41 Å². The van der Waals surface area contributed by atoms with E-state index in [9.17, 15) is 18.5 Å². The summed E-state index contributed by atoms with van der Waals surface area (Å²) >= 11 is 11.9. The van der Waals surface area contributed by atoms with Gasteiger partial charge in [0.05, 0.1) is 21.1 Å². The molecular formula is C17H16Cl2N4O4S. The van der Waals surface area contributed by atoms with E-state index in [-0.39, 0.29) is 16.3 Å². The van der Waals surface area contributed by atoms with Gasteiger partial charge in [0.25, 0.3) is 5.69 Å². The summed E-state index contributed by atoms with van der Waals surface area (Å²) < 4.78 is 26.6. The Balaban J connectivity index is 1.85. The molecule has 0 atom stereocenters. The summed E-state index contributed by atoms with van der Waals surface area (Å²) in [6.07, 6.45) is 2.95. The molecule has 1 heterocycles. The summed E-state index contributed by atoms with van der Waals surface area (Å²) in [5.74, 6) is 0. The van der Waals surface area contributed by atoms with E-state index in [1.165, 1.54) is 22.7 Å². The second-order valence-electron chi connectivity index (χ2n) is 6.08. The maximum atomic E-state index is 12.6. The second-order valence-corrected chi connectivity index (χ2v) is 8.86. The van der Waals surface area contributed by atoms with Gasteiger partial charge in [0.1, 0.15) is 5.69 Å². The van der Waals surface area contributed by atoms with Crippen molar-refractivity contribution in [3.8, 4) is 0 Å². The highest BCUT2D eigenvalue weighted by molar-refractivity contribution is 7.89. The Morgan fingerprint density at radius 3 is 2.50 bits per heavy atom. The summed E-state index contributed by atoms with van der Waals surface area (Å²) in [5, 5.41) is 16.2. The normalized spacial score (nSPS) is 15.2. The number of hydrogen-bond donors (Lipinski definition) is 1. The van der Waals surface area contributed by atoms with Gasteiger partial charge in [-0.25, -0.2) is 8.42 Å². The van der Waals surface area contributed by atoms with E-state index in [0.717, 1.165) is 18.9 Å². The van der Waals surface area contributed by atoms with Gasteiger partial charge in [-0.1, -0.05) is 29.3 Å². The predicted octanol–water partition coefficient (Wildman–Crippen LogP) is 4.13. The minimum absolute atomic E-state index is 0.0618. The van der Waals surface area contributed by atoms with Crippen molar-refractivity contribution in [3.05, 3.63) is 62.1 Å². The van der Waals surface area contributed by atoms with Crippen LogP contribution in [0.3, 0.4) is 0 Å². The van der Waals surface area contributed by atoms with E-state index < -0.39 is 14.9 Å². The fourth-order valence-corrected chi connectivity index (χ4v) is 4.77. The van der Waals surface area contributed by atoms with Crippen LogP contribution in [0.15, 0.2) is 46.4 Å². The van der Waals surface area contributed by atoms with Crippen LogP contribution in [-0.4, -0.2) is 37.0 Å². The fraction of sp³-hybridized carbons (Fsp3) is 0.235. The topological polar surface area (TPSA) is 105 Å². The third kappa shape index (κ3) is 4.44. The number of hydrazone groups is 1. The Kier molecular flexibility index (Phi) is 6.19. The number of nitrogens with zero attached hydrogens (tertiary/aromatic N) is 3. The molecular weight excluding hydrogens is 427 g/mol. The Bertz CT molecular complexity index is 1040. The molecule has 0 amide bonds. The third-order valence-electron chi connectivity index (χ3n) is 4.22. The molecule has 8 nitrogen and oxygen atoms in total. The van der Waals surface area contributed by atoms with E-state index in [1.54, 1.807) is 18.2 Å². The van der Waals surface area contributed by atoms with Gasteiger partial charge < -0.3 is 0 Å². The van der Waals surface area contributed by atoms with Crippen LogP contribution in [0.5, 0.6) is 0 Å². The minimum Gasteiger partial charge on any atom is -0.272 e. The zero-order valence-corrected chi connectivity index (χ0v) is 16.8. The molecule has 1 N–H and O–H groups in total. The van der Waals surface area contributed by atoms with Gasteiger partial charge in [-0.15, -0.1) is 0 Å². The molecule has 3 rings (SSSR count). The zero-order chi connectivity index (χ0) is 20.3. The number of halogens is 2. The van der Waals surface area contributed by atoms with Gasteiger partial charge in [0.2, 0.25) is 10.0 Å². The smallest absolute Gasteiger partial charge is 0.272 e. The summed E-state index contributed by atoms with van der Waals surface area (Å²) in [6, 6.07) is 8.52. The standard InChI is InChI=1S/C17H16Cl2N4O4S/c18-13-4-3-12(15(19)9-13)11-20-21-16-6-5-14(10-17(16)23(24)25)28(26,27)22-7-1-2-8-22/h3-6,9-11,21H,1-2,7-8H2. The molecule has 11 heteroatoms. The van der Waals surface area contributed by atoms with Crippen molar-refractivity contribution < 1.29 is 13.3 Å². The van der Waals surface area contributed by atoms with Crippen LogP contribution in [-0.2, 0) is 10.0 Å². The van der Waals surface area contributed by atoms with Crippen molar-refractivity contribution in [1.82, 2.24) is 4.31 Å². The molecule has 1 saturated heterocycles. The molecule has 0 aliphatic carbocycles. The lowest BCUT2D eigenvalue weighted by Crippen LogP contribution is -2.27. The number of hydrogen-bond acceptors (Lipinski definition) is 6. The lowest BCUT2D eigenvalue weighted by atomic mass is 10.2. The average Bonchev–Trinajstić information content (AvgIpc) is 3.19. The molecule has 28 heavy (non-hydrogen) atoms. The number of rotatable bonds is 6. The molecule has 148 valence electrons. The highest BCUT2D eigenvalue weighted by atomic mass is 35.5. The van der Waals surface area contributed by atoms with Crippen LogP contribution < -0.4 is 5.43 Å². The van der Waals surface area contributed by atoms with Gasteiger partial charge in [-0.3, -0.25) is 15.5 Å². The van der Waals surface area contributed by atoms with Crippen molar-refractivity contribution in [1.29, 1.82) is 0 Å². The largest absolute Gasteiger partial charge is 0.295 e. The first-order valence-corrected chi connectivity index (χ1v) is 10.5. The first-order valence-electron chi connectivity index (χ1n) is 8.32. The average molecular weight is 443 g/mol. The Morgan fingerprint density at radius 2 is 1.86 bits per heavy atom. The molecule has 2 aromatic rings. The van der Waals surface area contributed by atoms with Crippen LogP contribution in [0.2, 0.25) is 10.0 Å². The van der Waals surface area contributed by atoms with Crippen LogP contribution in [0.1, 0.15) is 18.4 Å². The summed E-state index contributed by atoms with van der Waals surface area (Å²) in [5.41, 5.74) is 2.80. The first kappa shape index (κ1) is 20.5. The van der Waals surface area contributed by atoms with E-state index in [4.69, 9.17) is 23.2 Å². The van der Waals surface area contributed by atoms with Crippen LogP contribution in [0.4, 0.5) is 11.4 Å². The van der Waals surface area contributed by atoms with Gasteiger partial charge in [-0.05, 0) is 37.1 Å². The number of sulfonamides is 1. The maximum absolute atomic E-state index is 12.6. The second kappa shape index (κ2) is 8.44. The Labute approximate surface area is 172 Å². The maximum Gasteiger partial charge on any atom is 0.295 e. The van der Waals surface area contributed by atoms with E-state index >= 15 is 0 Å². The SMILES string of the molecule is O=[N+]([O-])c1cc(S(=O)(=O)N2CCCC2)ccc1NN=Cc1ccc(Cl)cc1Cl. The van der Waals surface area contributed by atoms with Crippen molar-refractivity contribution in [2.24, 2.45) is 5.10 Å². The van der Waals surface area contributed by atoms with E-state index in [2.05, 4.69) is 10.5 Å². The Morgan fingerprint density at radius 1 is 1.14 bits per heavy atom. The summed E-state index contributed by atoms with van der Waals surface area (Å²) in [4.78, 5) is 10.6. The molecule has 2 aromatic carbocycles. The van der Waals surface area contributed by atoms with Crippen LogP contribution in [0, 0.1) is 10.1 Å². The number of anilines is 1. The lowest BCUT2D eigenvalue weighted by Gasteiger charge is -2.15. The molecule has 0 bridgehead atoms. The van der Waals surface area contributed by atoms with Gasteiger partial charge in [0.15, 0.2) is 0 Å². The predicted molar refractivity (Wildman–Crippen MR) is 109 cm³/mol. The fourth-order valence-electron chi connectivity index (χ4n) is 2.77. The molecule has 0 spiro atoms. The molecule has 0 saturated carbocycles. The van der Waals surface area contributed by atoms with E-state index in [1.807, 2.05) is 0 Å². The first-order chi connectivity index (χ1) is 13.3. The molecule has 0 unspecified atom stereocenters. The highest BCUT2D eigenvalue weighted by Gasteiger charge is 2.29. The van der Waals surface area contributed by atoms with Crippen molar-refractivity contribution in [2.45, 2.75) is 17.7 Å². The van der Waals surface area contributed by atoms with E-state index in [0.29, 0.717) is 28.7 Å². The molecule has 1 aliphatic rings. The summed E-state index contributed by atoms with van der Waals surface area (Å²) in [7, 11) is -3.75. The van der Waals surface area contributed by atoms with Crippen molar-refractivity contribution in [2.75, 3.05) is 18.5 Å². The van der Waals surface area contributed by atoms with Gasteiger partial charge >= 0.3 is 0 Å². The van der Waals surface area contributed by atoms with Crippen molar-refractivity contribution in [3.63, 3.8) is 0 Å². The number of nitro groups is 1. The molecule has 1 aliphatic heterocycles. The molecule has 0 aromatic heterocycles. The van der Waals surface area contributed by atoms with Crippen LogP contribution in [0.25, 0.3) is 0 Å². The number of nitro benzene ring substituents is 1. The van der Waals surface area contributed by atoms with Crippen LogP contribution >= 0.6 is 23.2 Å². The Hall–Kier alpha value is -2.20. The third-order valence-corrected chi connectivity index (χ3v) is 6.68. The highest BCUT2D eigenvalue weighted by Crippen LogP contribution is 2.30. The minimum atomic E-state index is -3.75. The monoisotopic (exact) mass is 442 g/mol. The van der Waals surface area contributed by atoms with Crippen molar-refractivity contribution >= 4 is 50.8 Å². The number of nitrogens with one attached hydrogen (secondary N) is 1.